The Morgan fingerprint density at radius 1 is 0.786 bits per heavy atom. The van der Waals surface area contributed by atoms with Gasteiger partial charge < -0.3 is 25.3 Å². The van der Waals surface area contributed by atoms with E-state index < -0.39 is 0 Å². The largest absolute Gasteiger partial charge is 0.369 e. The minimum Gasteiger partial charge on any atom is -0.369 e. The van der Waals surface area contributed by atoms with Crippen molar-refractivity contribution in [1.29, 1.82) is 0 Å². The van der Waals surface area contributed by atoms with Gasteiger partial charge in [0.05, 0.1) is 5.56 Å². The molecule has 1 aromatic carbocycles. The normalized spacial score (nSPS) is 19.7. The van der Waals surface area contributed by atoms with Gasteiger partial charge in [0.1, 0.15) is 0 Å². The van der Waals surface area contributed by atoms with Crippen LogP contribution in [-0.2, 0) is 0 Å². The van der Waals surface area contributed by atoms with E-state index in [4.69, 9.17) is 11.6 Å². The molecule has 0 unspecified atom stereocenters. The molecule has 11 heteroatoms. The highest BCUT2D eigenvalue weighted by molar-refractivity contribution is 6.31. The Kier molecular flexibility index (Phi) is 10.9. The molecule has 2 amide bonds. The summed E-state index contributed by atoms with van der Waals surface area (Å²) in [6, 6.07) is 7.25. The van der Waals surface area contributed by atoms with Crippen molar-refractivity contribution in [2.24, 2.45) is 0 Å². The molecule has 4 heterocycles. The van der Waals surface area contributed by atoms with Gasteiger partial charge in [-0.15, -0.1) is 0 Å². The average molecular weight is 601 g/mol. The predicted molar refractivity (Wildman–Crippen MR) is 162 cm³/mol. The first-order valence-electron chi connectivity index (χ1n) is 15.4. The SMILES string of the molecule is C1CCNC1.O=C(c1cc(Cl)cc(N2CCNCC2)c1)N1CCN(C(=O)c2cnc(OF)c(C3CCCCC3)c2)CC1. The molecule has 9 nitrogen and oxygen atoms in total. The number of hydrogen-bond acceptors (Lipinski definition) is 7. The molecule has 228 valence electrons. The molecule has 1 aliphatic carbocycles. The Morgan fingerprint density at radius 3 is 2.00 bits per heavy atom. The number of hydrogen-bond donors (Lipinski definition) is 2. The van der Waals surface area contributed by atoms with Gasteiger partial charge in [-0.3, -0.25) is 14.5 Å². The number of nitrogens with zero attached hydrogens (tertiary/aromatic N) is 4. The van der Waals surface area contributed by atoms with Crippen LogP contribution in [0.5, 0.6) is 5.88 Å². The fraction of sp³-hybridized carbons (Fsp3) is 0.581. The highest BCUT2D eigenvalue weighted by Crippen LogP contribution is 2.37. The molecule has 1 saturated carbocycles. The van der Waals surface area contributed by atoms with E-state index >= 15 is 0 Å². The maximum Gasteiger partial charge on any atom is 0.266 e. The first-order valence-corrected chi connectivity index (χ1v) is 15.8. The van der Waals surface area contributed by atoms with Crippen molar-refractivity contribution in [3.8, 4) is 5.88 Å². The lowest BCUT2D eigenvalue weighted by molar-refractivity contribution is -0.0137. The number of carbonyl (C=O) groups excluding carboxylic acids is 2. The number of anilines is 1. The Balaban J connectivity index is 0.000000639. The van der Waals surface area contributed by atoms with Crippen molar-refractivity contribution in [3.05, 3.63) is 52.2 Å². The number of pyridine rings is 1. The minimum atomic E-state index is -0.161. The number of nitrogens with one attached hydrogen (secondary N) is 2. The zero-order valence-electron chi connectivity index (χ0n) is 24.3. The van der Waals surface area contributed by atoms with E-state index in [-0.39, 0.29) is 23.6 Å². The molecule has 4 fully saturated rings. The highest BCUT2D eigenvalue weighted by atomic mass is 35.5. The van der Waals surface area contributed by atoms with Crippen LogP contribution in [0.25, 0.3) is 0 Å². The number of rotatable bonds is 5. The first-order chi connectivity index (χ1) is 20.5. The van der Waals surface area contributed by atoms with E-state index in [1.165, 1.54) is 38.5 Å². The summed E-state index contributed by atoms with van der Waals surface area (Å²) in [6.07, 6.45) is 9.36. The van der Waals surface area contributed by atoms with Crippen LogP contribution in [0.2, 0.25) is 5.02 Å². The van der Waals surface area contributed by atoms with Gasteiger partial charge in [0.15, 0.2) is 0 Å². The molecular formula is C31H42ClFN6O3. The van der Waals surface area contributed by atoms with Gasteiger partial charge in [-0.05, 0) is 69.0 Å². The molecule has 2 N–H and O–H groups in total. The molecule has 4 aliphatic rings. The van der Waals surface area contributed by atoms with E-state index in [1.807, 2.05) is 12.1 Å². The van der Waals surface area contributed by atoms with E-state index in [2.05, 4.69) is 25.5 Å². The van der Waals surface area contributed by atoms with Crippen molar-refractivity contribution in [1.82, 2.24) is 25.4 Å². The molecule has 0 atom stereocenters. The lowest BCUT2D eigenvalue weighted by atomic mass is 9.84. The zero-order valence-corrected chi connectivity index (χ0v) is 25.0. The fourth-order valence-electron chi connectivity index (χ4n) is 6.26. The number of amides is 2. The summed E-state index contributed by atoms with van der Waals surface area (Å²) in [6.45, 7) is 7.70. The van der Waals surface area contributed by atoms with Gasteiger partial charge in [0.25, 0.3) is 17.7 Å². The third kappa shape index (κ3) is 7.71. The third-order valence-corrected chi connectivity index (χ3v) is 8.88. The summed E-state index contributed by atoms with van der Waals surface area (Å²) >= 11 is 6.37. The molecular weight excluding hydrogens is 559 g/mol. The molecule has 2 aromatic rings. The molecule has 6 rings (SSSR count). The van der Waals surface area contributed by atoms with Crippen LogP contribution in [0, 0.1) is 0 Å². The summed E-state index contributed by atoms with van der Waals surface area (Å²) in [5, 5.41) is 7.09. The number of piperazine rings is 2. The van der Waals surface area contributed by atoms with Crippen molar-refractivity contribution >= 4 is 29.1 Å². The Bertz CT molecular complexity index is 1200. The molecule has 42 heavy (non-hydrogen) atoms. The smallest absolute Gasteiger partial charge is 0.266 e. The van der Waals surface area contributed by atoms with Gasteiger partial charge in [-0.25, -0.2) is 4.98 Å². The van der Waals surface area contributed by atoms with E-state index in [0.29, 0.717) is 47.9 Å². The van der Waals surface area contributed by atoms with Gasteiger partial charge in [-0.2, -0.15) is 0 Å². The fourth-order valence-corrected chi connectivity index (χ4v) is 6.49. The second kappa shape index (κ2) is 15.0. The van der Waals surface area contributed by atoms with Gasteiger partial charge in [0.2, 0.25) is 0 Å². The standard InChI is InChI=1S/C27H33ClFN5O3.C4H9N/c28-22-14-20(15-23(17-22)32-8-6-30-7-9-32)26(35)33-10-12-34(13-11-33)27(36)21-16-24(25(37-29)31-18-21)19-4-2-1-3-5-19;1-2-4-5-3-1/h14-19,30H,1-13H2;5H,1-4H2. The lowest BCUT2D eigenvalue weighted by Gasteiger charge is -2.35. The van der Waals surface area contributed by atoms with E-state index in [0.717, 1.165) is 57.5 Å². The van der Waals surface area contributed by atoms with Crippen LogP contribution in [0.1, 0.15) is 77.1 Å². The highest BCUT2D eigenvalue weighted by Gasteiger charge is 2.28. The zero-order chi connectivity index (χ0) is 29.3. The lowest BCUT2D eigenvalue weighted by Crippen LogP contribution is -2.50. The van der Waals surface area contributed by atoms with Crippen molar-refractivity contribution in [2.45, 2.75) is 50.9 Å². The molecule has 1 aromatic heterocycles. The van der Waals surface area contributed by atoms with Gasteiger partial charge >= 0.3 is 0 Å². The predicted octanol–water partition coefficient (Wildman–Crippen LogP) is 4.42. The molecule has 3 saturated heterocycles. The van der Waals surface area contributed by atoms with Gasteiger partial charge in [-0.1, -0.05) is 30.9 Å². The van der Waals surface area contributed by atoms with Crippen LogP contribution >= 0.6 is 11.6 Å². The summed E-state index contributed by atoms with van der Waals surface area (Å²) in [7, 11) is 0. The number of aromatic nitrogens is 1. The molecule has 0 spiro atoms. The average Bonchev–Trinajstić information content (AvgIpc) is 3.65. The maximum atomic E-state index is 13.3. The second-order valence-electron chi connectivity index (χ2n) is 11.5. The monoisotopic (exact) mass is 600 g/mol. The third-order valence-electron chi connectivity index (χ3n) is 8.67. The second-order valence-corrected chi connectivity index (χ2v) is 11.9. The first kappa shape index (κ1) is 30.5. The minimum absolute atomic E-state index is 0.0411. The van der Waals surface area contributed by atoms with Crippen molar-refractivity contribution in [3.63, 3.8) is 0 Å². The maximum absolute atomic E-state index is 13.3. The molecule has 3 aliphatic heterocycles. The van der Waals surface area contributed by atoms with Crippen LogP contribution < -0.4 is 20.5 Å². The quantitative estimate of drug-likeness (QED) is 0.525. The van der Waals surface area contributed by atoms with Crippen molar-refractivity contribution < 1.29 is 19.1 Å². The van der Waals surface area contributed by atoms with Crippen LogP contribution in [0.15, 0.2) is 30.5 Å². The van der Waals surface area contributed by atoms with Crippen LogP contribution in [-0.4, -0.2) is 92.0 Å². The van der Waals surface area contributed by atoms with Gasteiger partial charge in [0, 0.05) is 84.9 Å². The number of carbonyl (C=O) groups is 2. The number of benzene rings is 1. The summed E-state index contributed by atoms with van der Waals surface area (Å²) in [5.41, 5.74) is 2.61. The Labute approximate surface area is 252 Å². The number of halogens is 2. The van der Waals surface area contributed by atoms with Crippen LogP contribution in [0.4, 0.5) is 10.2 Å². The summed E-state index contributed by atoms with van der Waals surface area (Å²) in [4.78, 5) is 40.4. The van der Waals surface area contributed by atoms with Crippen LogP contribution in [0.3, 0.4) is 0 Å². The van der Waals surface area contributed by atoms with E-state index in [1.54, 1.807) is 21.9 Å². The Morgan fingerprint density at radius 2 is 1.40 bits per heavy atom. The summed E-state index contributed by atoms with van der Waals surface area (Å²) in [5.74, 6) is -0.138. The molecule has 0 radical (unpaired) electrons. The van der Waals surface area contributed by atoms with E-state index in [9.17, 15) is 14.1 Å². The summed E-state index contributed by atoms with van der Waals surface area (Å²) < 4.78 is 13.1. The topological polar surface area (TPSA) is 90.0 Å². The Hall–Kier alpha value is -2.95. The molecule has 0 bridgehead atoms. The van der Waals surface area contributed by atoms with Crippen molar-refractivity contribution in [2.75, 3.05) is 70.3 Å².